The third-order valence-corrected chi connectivity index (χ3v) is 1.32. The van der Waals surface area contributed by atoms with E-state index in [0.717, 1.165) is 5.56 Å². The summed E-state index contributed by atoms with van der Waals surface area (Å²) in [6.07, 6.45) is 0. The molecule has 0 nitrogen and oxygen atoms in total. The number of hydrogen-bond acceptors (Lipinski definition) is 1. The van der Waals surface area contributed by atoms with E-state index in [4.69, 9.17) is 1.37 Å². The molecule has 0 aliphatic heterocycles. The van der Waals surface area contributed by atoms with Crippen molar-refractivity contribution in [2.45, 2.75) is 6.92 Å². The zero-order valence-corrected chi connectivity index (χ0v) is 4.38. The van der Waals surface area contributed by atoms with Gasteiger partial charge in [0.25, 0.3) is 0 Å². The molecule has 0 fully saturated rings. The molecule has 0 bridgehead atoms. The molecule has 0 aliphatic rings. The van der Waals surface area contributed by atoms with Crippen LogP contribution in [0.2, 0.25) is 0 Å². The second-order valence-electron chi connectivity index (χ2n) is 1.21. The van der Waals surface area contributed by atoms with Gasteiger partial charge in [-0.3, -0.25) is 0 Å². The smallest absolute Gasteiger partial charge is 0.0742 e. The summed E-state index contributed by atoms with van der Waals surface area (Å²) in [5.41, 5.74) is 1.07. The zero-order valence-electron chi connectivity index (χ0n) is 4.56. The largest absolute Gasteiger partial charge is 0.152 e. The topological polar surface area (TPSA) is 0 Å². The molecule has 0 saturated carbocycles. The van der Waals surface area contributed by atoms with Crippen LogP contribution in [0.25, 0.3) is 0 Å². The van der Waals surface area contributed by atoms with Crippen LogP contribution in [0.5, 0.6) is 0 Å². The van der Waals surface area contributed by atoms with Crippen molar-refractivity contribution in [3.63, 3.8) is 0 Å². The molecule has 1 heterocycles. The van der Waals surface area contributed by atoms with Crippen LogP contribution in [0, 0.1) is 6.92 Å². The van der Waals surface area contributed by atoms with Gasteiger partial charge in [0.05, 0.1) is 1.37 Å². The van der Waals surface area contributed by atoms with Crippen LogP contribution >= 0.6 is 11.3 Å². The lowest BCUT2D eigenvalue weighted by Crippen LogP contribution is -1.47. The fraction of sp³-hybridized carbons (Fsp3) is 0.200. The van der Waals surface area contributed by atoms with Crippen molar-refractivity contribution in [3.05, 3.63) is 22.4 Å². The molecule has 0 amide bonds. The first-order valence-electron chi connectivity index (χ1n) is 2.31. The van der Waals surface area contributed by atoms with E-state index in [-0.39, 0.29) is 0 Å². The van der Waals surface area contributed by atoms with Crippen molar-refractivity contribution in [2.24, 2.45) is 0 Å². The standard InChI is InChI=1S/C5H6S/c1-5-2-3-6-4-5/h2-4H,1H3/i4D. The maximum absolute atomic E-state index is 7.12. The van der Waals surface area contributed by atoms with Crippen molar-refractivity contribution < 1.29 is 1.37 Å². The van der Waals surface area contributed by atoms with E-state index < -0.39 is 0 Å². The predicted molar refractivity (Wildman–Crippen MR) is 29.1 cm³/mol. The summed E-state index contributed by atoms with van der Waals surface area (Å²) < 4.78 is 7.12. The normalized spacial score (nSPS) is 11.2. The van der Waals surface area contributed by atoms with Gasteiger partial charge < -0.3 is 0 Å². The van der Waals surface area contributed by atoms with Crippen molar-refractivity contribution in [1.29, 1.82) is 0 Å². The Morgan fingerprint density at radius 2 is 2.83 bits per heavy atom. The van der Waals surface area contributed by atoms with E-state index in [1.807, 2.05) is 18.4 Å². The van der Waals surface area contributed by atoms with Crippen LogP contribution < -0.4 is 0 Å². The second kappa shape index (κ2) is 1.43. The van der Waals surface area contributed by atoms with Gasteiger partial charge in [0.2, 0.25) is 0 Å². The molecule has 32 valence electrons. The van der Waals surface area contributed by atoms with Crippen molar-refractivity contribution in [1.82, 2.24) is 0 Å². The van der Waals surface area contributed by atoms with Gasteiger partial charge in [0, 0.05) is 0 Å². The maximum Gasteiger partial charge on any atom is 0.0742 e. The Morgan fingerprint density at radius 3 is 3.00 bits per heavy atom. The first-order chi connectivity index (χ1) is 3.30. The Morgan fingerprint density at radius 1 is 2.00 bits per heavy atom. The lowest BCUT2D eigenvalue weighted by atomic mass is 10.4. The monoisotopic (exact) mass is 99.0 g/mol. The number of thiophene rings is 1. The first-order valence-corrected chi connectivity index (χ1v) is 2.69. The van der Waals surface area contributed by atoms with E-state index in [9.17, 15) is 0 Å². The third-order valence-electron chi connectivity index (χ3n) is 0.606. The SMILES string of the molecule is [2H]c1sccc1C. The minimum atomic E-state index is 0.681. The minimum absolute atomic E-state index is 0.681. The molecule has 1 aromatic rings. The van der Waals surface area contributed by atoms with Gasteiger partial charge in [-0.05, 0) is 29.3 Å². The number of hydrogen-bond donors (Lipinski definition) is 0. The highest BCUT2D eigenvalue weighted by atomic mass is 32.1. The Hall–Kier alpha value is -0.300. The molecule has 0 radical (unpaired) electrons. The van der Waals surface area contributed by atoms with Crippen LogP contribution in [-0.4, -0.2) is 0 Å². The van der Waals surface area contributed by atoms with Gasteiger partial charge in [-0.1, -0.05) is 0 Å². The van der Waals surface area contributed by atoms with Crippen molar-refractivity contribution in [2.75, 3.05) is 0 Å². The maximum atomic E-state index is 7.12. The molecular formula is C5H6S. The molecule has 0 atom stereocenters. The lowest BCUT2D eigenvalue weighted by Gasteiger charge is -1.65. The van der Waals surface area contributed by atoms with Crippen LogP contribution in [-0.2, 0) is 0 Å². The lowest BCUT2D eigenvalue weighted by molar-refractivity contribution is 1.56. The summed E-state index contributed by atoms with van der Waals surface area (Å²) in [6, 6.07) is 1.95. The summed E-state index contributed by atoms with van der Waals surface area (Å²) in [4.78, 5) is 0. The second-order valence-corrected chi connectivity index (χ2v) is 1.92. The molecule has 0 N–H and O–H groups in total. The highest BCUT2D eigenvalue weighted by Gasteiger charge is 1.74. The van der Waals surface area contributed by atoms with Crippen molar-refractivity contribution >= 4 is 11.3 Å². The zero-order chi connectivity index (χ0) is 5.28. The van der Waals surface area contributed by atoms with Crippen molar-refractivity contribution in [3.8, 4) is 0 Å². The Labute approximate surface area is 42.8 Å². The molecule has 0 aliphatic carbocycles. The first kappa shape index (κ1) is 2.80. The van der Waals surface area contributed by atoms with Gasteiger partial charge in [0.15, 0.2) is 0 Å². The fourth-order valence-corrected chi connectivity index (χ4v) is 0.891. The number of rotatable bonds is 0. The van der Waals surface area contributed by atoms with Gasteiger partial charge >= 0.3 is 0 Å². The van der Waals surface area contributed by atoms with E-state index in [1.54, 1.807) is 0 Å². The summed E-state index contributed by atoms with van der Waals surface area (Å²) in [5, 5.41) is 2.61. The molecule has 6 heavy (non-hydrogen) atoms. The van der Waals surface area contributed by atoms with Crippen LogP contribution in [0.4, 0.5) is 0 Å². The summed E-state index contributed by atoms with van der Waals surface area (Å²) in [5.74, 6) is 0. The molecule has 0 spiro atoms. The Bertz CT molecular complexity index is 140. The Kier molecular flexibility index (Phi) is 0.670. The highest BCUT2D eigenvalue weighted by Crippen LogP contribution is 2.01. The molecule has 0 unspecified atom stereocenters. The molecular weight excluding hydrogens is 92.1 g/mol. The predicted octanol–water partition coefficient (Wildman–Crippen LogP) is 2.06. The molecule has 1 aromatic heterocycles. The van der Waals surface area contributed by atoms with Crippen LogP contribution in [0.1, 0.15) is 6.93 Å². The third kappa shape index (κ3) is 0.601. The summed E-state index contributed by atoms with van der Waals surface area (Å²) in [6.45, 7) is 1.94. The summed E-state index contributed by atoms with van der Waals surface area (Å²) in [7, 11) is 0. The minimum Gasteiger partial charge on any atom is -0.152 e. The van der Waals surface area contributed by atoms with E-state index in [0.29, 0.717) is 5.36 Å². The van der Waals surface area contributed by atoms with Gasteiger partial charge in [-0.25, -0.2) is 0 Å². The highest BCUT2D eigenvalue weighted by molar-refractivity contribution is 7.07. The molecule has 1 rings (SSSR count). The van der Waals surface area contributed by atoms with Gasteiger partial charge in [0.1, 0.15) is 0 Å². The molecule has 0 saturated heterocycles. The average Bonchev–Trinajstić information content (AvgIpc) is 1.91. The van der Waals surface area contributed by atoms with E-state index in [1.165, 1.54) is 11.3 Å². The molecule has 0 aromatic carbocycles. The molecule has 1 heteroatoms. The fourth-order valence-electron chi connectivity index (χ4n) is 0.297. The summed E-state index contributed by atoms with van der Waals surface area (Å²) >= 11 is 1.47. The number of aryl methyl sites for hydroxylation is 1. The Balaban J connectivity index is 3.12. The average molecular weight is 99.2 g/mol. The van der Waals surface area contributed by atoms with Crippen LogP contribution in [0.3, 0.4) is 0 Å². The quantitative estimate of drug-likeness (QED) is 0.467. The van der Waals surface area contributed by atoms with E-state index >= 15 is 0 Å². The van der Waals surface area contributed by atoms with E-state index in [2.05, 4.69) is 0 Å². The van der Waals surface area contributed by atoms with Gasteiger partial charge in [-0.2, -0.15) is 11.3 Å². The van der Waals surface area contributed by atoms with Crippen LogP contribution in [0.15, 0.2) is 16.8 Å². The van der Waals surface area contributed by atoms with Gasteiger partial charge in [-0.15, -0.1) is 0 Å².